The first kappa shape index (κ1) is 23.8. The molecule has 1 unspecified atom stereocenters. The van der Waals surface area contributed by atoms with Crippen molar-refractivity contribution in [3.8, 4) is 11.5 Å². The van der Waals surface area contributed by atoms with Crippen molar-refractivity contribution in [3.05, 3.63) is 18.2 Å². The van der Waals surface area contributed by atoms with E-state index in [-0.39, 0.29) is 41.9 Å². The molecule has 1 amide bonds. The van der Waals surface area contributed by atoms with E-state index in [1.807, 2.05) is 4.90 Å². The van der Waals surface area contributed by atoms with Crippen LogP contribution in [0.15, 0.2) is 23.1 Å². The van der Waals surface area contributed by atoms with Crippen LogP contribution in [-0.2, 0) is 24.7 Å². The Labute approximate surface area is 183 Å². The van der Waals surface area contributed by atoms with Crippen LogP contribution in [0.2, 0.25) is 0 Å². The molecule has 0 aliphatic carbocycles. The molecule has 1 N–H and O–H groups in total. The van der Waals surface area contributed by atoms with Crippen molar-refractivity contribution >= 4 is 25.8 Å². The van der Waals surface area contributed by atoms with Gasteiger partial charge in [0.25, 0.3) is 0 Å². The molecule has 2 saturated heterocycles. The van der Waals surface area contributed by atoms with Crippen molar-refractivity contribution < 1.29 is 31.1 Å². The first-order chi connectivity index (χ1) is 14.5. The molecule has 0 saturated carbocycles. The van der Waals surface area contributed by atoms with Gasteiger partial charge in [0.1, 0.15) is 0 Å². The summed E-state index contributed by atoms with van der Waals surface area (Å²) in [4.78, 5) is 14.4. The second kappa shape index (κ2) is 8.93. The maximum Gasteiger partial charge on any atom is 0.243 e. The normalized spacial score (nSPS) is 24.6. The molecular formula is C19H29N3O7S2. The van der Waals surface area contributed by atoms with Crippen LogP contribution < -0.4 is 14.8 Å². The summed E-state index contributed by atoms with van der Waals surface area (Å²) in [6.07, 6.45) is 0.401. The smallest absolute Gasteiger partial charge is 0.243 e. The van der Waals surface area contributed by atoms with Crippen LogP contribution in [0, 0.1) is 0 Å². The van der Waals surface area contributed by atoms with E-state index in [0.717, 1.165) is 0 Å². The van der Waals surface area contributed by atoms with Gasteiger partial charge in [-0.05, 0) is 25.5 Å². The zero-order chi connectivity index (χ0) is 22.9. The van der Waals surface area contributed by atoms with Crippen LogP contribution in [0.4, 0.5) is 0 Å². The molecule has 0 radical (unpaired) electrons. The Hall–Kier alpha value is -1.89. The third kappa shape index (κ3) is 5.48. The number of benzene rings is 1. The van der Waals surface area contributed by atoms with Gasteiger partial charge in [-0.1, -0.05) is 0 Å². The first-order valence-corrected chi connectivity index (χ1v) is 13.2. The molecular weight excluding hydrogens is 446 g/mol. The lowest BCUT2D eigenvalue weighted by atomic mass is 10.0. The van der Waals surface area contributed by atoms with Crippen molar-refractivity contribution in [2.45, 2.75) is 23.8 Å². The van der Waals surface area contributed by atoms with Crippen LogP contribution in [0.5, 0.6) is 11.5 Å². The van der Waals surface area contributed by atoms with Crippen LogP contribution in [0.1, 0.15) is 13.3 Å². The first-order valence-electron chi connectivity index (χ1n) is 9.94. The minimum absolute atomic E-state index is 0.0525. The number of carbonyl (C=O) groups excluding carboxylic acids is 1. The molecule has 2 aliphatic rings. The Morgan fingerprint density at radius 2 is 1.77 bits per heavy atom. The largest absolute Gasteiger partial charge is 0.493 e. The van der Waals surface area contributed by atoms with Crippen LogP contribution >= 0.6 is 0 Å². The molecule has 174 valence electrons. The number of amides is 1. The van der Waals surface area contributed by atoms with E-state index >= 15 is 0 Å². The number of nitrogens with zero attached hydrogens (tertiary/aromatic N) is 2. The SMILES string of the molecule is COc1ccc(S(=O)(=O)N2CCN(CC(=O)NC3(C)CCS(=O)(=O)C3)CC2)cc1OC. The van der Waals surface area contributed by atoms with Crippen molar-refractivity contribution in [3.63, 3.8) is 0 Å². The Kier molecular flexibility index (Phi) is 6.84. The third-order valence-electron chi connectivity index (χ3n) is 5.64. The van der Waals surface area contributed by atoms with Gasteiger partial charge in [0.2, 0.25) is 15.9 Å². The maximum atomic E-state index is 13.0. The van der Waals surface area contributed by atoms with Gasteiger partial charge in [-0.25, -0.2) is 16.8 Å². The standard InChI is InChI=1S/C19H29N3O7S2/c1-19(6-11-30(24,25)14-19)20-18(23)13-21-7-9-22(10-8-21)31(26,27)15-4-5-16(28-2)17(12-15)29-3/h4-5,12H,6-11,13-14H2,1-3H3,(H,20,23). The fraction of sp³-hybridized carbons (Fsp3) is 0.632. The molecule has 0 bridgehead atoms. The van der Waals surface area contributed by atoms with Gasteiger partial charge in [0, 0.05) is 32.2 Å². The molecule has 1 aromatic carbocycles. The minimum atomic E-state index is -3.71. The summed E-state index contributed by atoms with van der Waals surface area (Å²) < 4.78 is 61.1. The minimum Gasteiger partial charge on any atom is -0.493 e. The zero-order valence-corrected chi connectivity index (χ0v) is 19.6. The van der Waals surface area contributed by atoms with E-state index in [2.05, 4.69) is 5.32 Å². The highest BCUT2D eigenvalue weighted by Gasteiger charge is 2.39. The van der Waals surface area contributed by atoms with Gasteiger partial charge in [-0.2, -0.15) is 4.31 Å². The molecule has 2 aliphatic heterocycles. The number of nitrogens with one attached hydrogen (secondary N) is 1. The van der Waals surface area contributed by atoms with E-state index < -0.39 is 25.4 Å². The van der Waals surface area contributed by atoms with E-state index in [1.165, 1.54) is 30.7 Å². The Balaban J connectivity index is 1.57. The second-order valence-electron chi connectivity index (χ2n) is 8.15. The lowest BCUT2D eigenvalue weighted by Crippen LogP contribution is -2.54. The predicted octanol–water partition coefficient (Wildman–Crippen LogP) is -0.296. The van der Waals surface area contributed by atoms with Gasteiger partial charge < -0.3 is 14.8 Å². The topological polar surface area (TPSA) is 122 Å². The molecule has 12 heteroatoms. The van der Waals surface area contributed by atoms with Crippen LogP contribution in [0.3, 0.4) is 0 Å². The highest BCUT2D eigenvalue weighted by atomic mass is 32.2. The summed E-state index contributed by atoms with van der Waals surface area (Å²) in [5, 5.41) is 2.83. The van der Waals surface area contributed by atoms with Crippen molar-refractivity contribution in [1.29, 1.82) is 0 Å². The van der Waals surface area contributed by atoms with Gasteiger partial charge >= 0.3 is 0 Å². The molecule has 1 aromatic rings. The Morgan fingerprint density at radius 1 is 1.13 bits per heavy atom. The van der Waals surface area contributed by atoms with E-state index in [1.54, 1.807) is 13.0 Å². The summed E-state index contributed by atoms with van der Waals surface area (Å²) in [6.45, 7) is 3.12. The number of ether oxygens (including phenoxy) is 2. The number of piperazine rings is 1. The summed E-state index contributed by atoms with van der Waals surface area (Å²) in [5.41, 5.74) is -0.742. The maximum absolute atomic E-state index is 13.0. The molecule has 10 nitrogen and oxygen atoms in total. The fourth-order valence-electron chi connectivity index (χ4n) is 3.94. The molecule has 0 aromatic heterocycles. The number of methoxy groups -OCH3 is 2. The number of sulfone groups is 1. The monoisotopic (exact) mass is 475 g/mol. The average molecular weight is 476 g/mol. The Morgan fingerprint density at radius 3 is 2.32 bits per heavy atom. The number of hydrogen-bond donors (Lipinski definition) is 1. The second-order valence-corrected chi connectivity index (χ2v) is 12.3. The fourth-order valence-corrected chi connectivity index (χ4v) is 7.47. The molecule has 1 atom stereocenters. The number of sulfonamides is 1. The van der Waals surface area contributed by atoms with Gasteiger partial charge in [-0.15, -0.1) is 0 Å². The third-order valence-corrected chi connectivity index (χ3v) is 9.43. The van der Waals surface area contributed by atoms with Crippen LogP contribution in [-0.4, -0.2) is 95.9 Å². The van der Waals surface area contributed by atoms with Crippen molar-refractivity contribution in [2.75, 3.05) is 58.4 Å². The van der Waals surface area contributed by atoms with Crippen molar-refractivity contribution in [2.24, 2.45) is 0 Å². The van der Waals surface area contributed by atoms with Gasteiger partial charge in [-0.3, -0.25) is 9.69 Å². The summed E-state index contributed by atoms with van der Waals surface area (Å²) in [6, 6.07) is 4.47. The average Bonchev–Trinajstić information content (AvgIpc) is 2.99. The predicted molar refractivity (Wildman–Crippen MR) is 115 cm³/mol. The lowest BCUT2D eigenvalue weighted by Gasteiger charge is -2.34. The quantitative estimate of drug-likeness (QED) is 0.571. The van der Waals surface area contributed by atoms with E-state index in [0.29, 0.717) is 31.0 Å². The molecule has 3 rings (SSSR count). The van der Waals surface area contributed by atoms with E-state index in [4.69, 9.17) is 9.47 Å². The highest BCUT2D eigenvalue weighted by molar-refractivity contribution is 7.91. The van der Waals surface area contributed by atoms with Crippen molar-refractivity contribution in [1.82, 2.24) is 14.5 Å². The summed E-state index contributed by atoms with van der Waals surface area (Å²) in [7, 11) is -3.90. The lowest BCUT2D eigenvalue weighted by molar-refractivity contribution is -0.124. The number of carbonyl (C=O) groups is 1. The molecule has 2 fully saturated rings. The Bertz CT molecular complexity index is 1030. The highest BCUT2D eigenvalue weighted by Crippen LogP contribution is 2.31. The number of rotatable bonds is 7. The molecule has 2 heterocycles. The molecule has 31 heavy (non-hydrogen) atoms. The molecule has 0 spiro atoms. The number of hydrogen-bond acceptors (Lipinski definition) is 8. The summed E-state index contributed by atoms with van der Waals surface area (Å²) in [5.74, 6) is 0.553. The van der Waals surface area contributed by atoms with E-state index in [9.17, 15) is 21.6 Å². The summed E-state index contributed by atoms with van der Waals surface area (Å²) >= 11 is 0. The van der Waals surface area contributed by atoms with Gasteiger partial charge in [0.15, 0.2) is 21.3 Å². The zero-order valence-electron chi connectivity index (χ0n) is 18.0. The van der Waals surface area contributed by atoms with Gasteiger partial charge in [0.05, 0.1) is 42.7 Å². The van der Waals surface area contributed by atoms with Crippen LogP contribution in [0.25, 0.3) is 0 Å².